The molecule has 2 atom stereocenters. The molecule has 1 unspecified atom stereocenters. The summed E-state index contributed by atoms with van der Waals surface area (Å²) in [7, 11) is 0. The molecule has 2 nitrogen and oxygen atoms in total. The van der Waals surface area contributed by atoms with Crippen molar-refractivity contribution in [3.05, 3.63) is 34.9 Å². The smallest absolute Gasteiger partial charge is 0.103 e. The first-order valence-electron chi connectivity index (χ1n) is 8.63. The first kappa shape index (κ1) is 15.3. The van der Waals surface area contributed by atoms with Crippen molar-refractivity contribution in [2.24, 2.45) is 5.92 Å². The van der Waals surface area contributed by atoms with E-state index in [0.717, 1.165) is 23.5 Å². The molecule has 21 heavy (non-hydrogen) atoms. The van der Waals surface area contributed by atoms with Gasteiger partial charge < -0.3 is 9.80 Å². The molecule has 2 N–H and O–H groups in total. The molecule has 2 heterocycles. The van der Waals surface area contributed by atoms with Crippen LogP contribution in [0.1, 0.15) is 38.2 Å². The third kappa shape index (κ3) is 4.21. The second kappa shape index (κ2) is 7.13. The van der Waals surface area contributed by atoms with Crippen LogP contribution in [0, 0.1) is 5.92 Å². The van der Waals surface area contributed by atoms with Crippen LogP contribution in [0.15, 0.2) is 24.3 Å². The highest BCUT2D eigenvalue weighted by Crippen LogP contribution is 2.10. The minimum atomic E-state index is 0.843. The molecule has 1 aromatic rings. The van der Waals surface area contributed by atoms with Crippen LogP contribution in [0.5, 0.6) is 0 Å². The summed E-state index contributed by atoms with van der Waals surface area (Å²) in [4.78, 5) is 3.65. The highest BCUT2D eigenvalue weighted by atomic mass is 35.5. The summed E-state index contributed by atoms with van der Waals surface area (Å²) < 4.78 is 0. The van der Waals surface area contributed by atoms with E-state index in [0.29, 0.717) is 0 Å². The number of rotatable bonds is 3. The van der Waals surface area contributed by atoms with Crippen molar-refractivity contribution in [3.8, 4) is 0 Å². The molecule has 2 aliphatic rings. The summed E-state index contributed by atoms with van der Waals surface area (Å²) in [6, 6.07) is 9.32. The van der Waals surface area contributed by atoms with Crippen molar-refractivity contribution >= 4 is 11.6 Å². The molecule has 0 bridgehead atoms. The van der Waals surface area contributed by atoms with Gasteiger partial charge in [0.05, 0.1) is 32.2 Å². The van der Waals surface area contributed by atoms with Crippen LogP contribution in [0.25, 0.3) is 0 Å². The summed E-state index contributed by atoms with van der Waals surface area (Å²) in [5, 5.41) is 0.843. The molecular formula is C18H29ClN2+2. The second-order valence-electron chi connectivity index (χ2n) is 7.19. The molecule has 0 aliphatic carbocycles. The molecule has 0 radical (unpaired) electrons. The van der Waals surface area contributed by atoms with Gasteiger partial charge >= 0.3 is 0 Å². The predicted octanol–water partition coefficient (Wildman–Crippen LogP) is 1.20. The highest BCUT2D eigenvalue weighted by molar-refractivity contribution is 6.30. The number of hydrogen-bond donors (Lipinski definition) is 2. The molecule has 3 heteroatoms. The quantitative estimate of drug-likeness (QED) is 0.830. The van der Waals surface area contributed by atoms with E-state index in [2.05, 4.69) is 19.1 Å². The Morgan fingerprint density at radius 2 is 1.76 bits per heavy atom. The van der Waals surface area contributed by atoms with Gasteiger partial charge in [-0.1, -0.05) is 30.7 Å². The summed E-state index contributed by atoms with van der Waals surface area (Å²) in [5.74, 6) is 0.938. The number of piperidine rings is 2. The Hall–Kier alpha value is -0.570. The van der Waals surface area contributed by atoms with Crippen molar-refractivity contribution in [1.82, 2.24) is 0 Å². The van der Waals surface area contributed by atoms with Crippen molar-refractivity contribution in [2.75, 3.05) is 26.2 Å². The van der Waals surface area contributed by atoms with E-state index in [1.165, 1.54) is 57.4 Å². The molecule has 2 aliphatic heterocycles. The van der Waals surface area contributed by atoms with Crippen LogP contribution in [0.2, 0.25) is 5.02 Å². The molecule has 0 spiro atoms. The maximum absolute atomic E-state index is 5.96. The summed E-state index contributed by atoms with van der Waals surface area (Å²) in [5.41, 5.74) is 1.42. The van der Waals surface area contributed by atoms with E-state index in [-0.39, 0.29) is 0 Å². The summed E-state index contributed by atoms with van der Waals surface area (Å²) in [6.45, 7) is 9.10. The van der Waals surface area contributed by atoms with E-state index < -0.39 is 0 Å². The minimum absolute atomic E-state index is 0.843. The van der Waals surface area contributed by atoms with Crippen LogP contribution in [-0.4, -0.2) is 32.2 Å². The van der Waals surface area contributed by atoms with Gasteiger partial charge in [0, 0.05) is 29.3 Å². The van der Waals surface area contributed by atoms with Gasteiger partial charge in [-0.2, -0.15) is 0 Å². The molecule has 0 aromatic heterocycles. The Bertz CT molecular complexity index is 437. The molecule has 0 amide bonds. The lowest BCUT2D eigenvalue weighted by Gasteiger charge is -2.37. The van der Waals surface area contributed by atoms with E-state index in [1.54, 1.807) is 4.90 Å². The van der Waals surface area contributed by atoms with Crippen LogP contribution < -0.4 is 9.80 Å². The van der Waals surface area contributed by atoms with Crippen LogP contribution in [0.3, 0.4) is 0 Å². The molecular weight excluding hydrogens is 280 g/mol. The fourth-order valence-electron chi connectivity index (χ4n) is 4.20. The lowest BCUT2D eigenvalue weighted by Crippen LogP contribution is -3.21. The molecule has 116 valence electrons. The topological polar surface area (TPSA) is 8.88 Å². The third-order valence-corrected chi connectivity index (χ3v) is 5.69. The second-order valence-corrected chi connectivity index (χ2v) is 7.62. The number of halogens is 1. The molecule has 2 fully saturated rings. The SMILES string of the molecule is C[C@@H]1CCC[NH+](C2CC[NH+](Cc3ccc(Cl)cc3)CC2)C1. The maximum Gasteiger partial charge on any atom is 0.103 e. The van der Waals surface area contributed by atoms with Gasteiger partial charge in [0.25, 0.3) is 0 Å². The van der Waals surface area contributed by atoms with E-state index in [4.69, 9.17) is 11.6 Å². The zero-order valence-electron chi connectivity index (χ0n) is 13.2. The standard InChI is InChI=1S/C18H27ClN2/c1-15-3-2-10-21(13-15)18-8-11-20(12-9-18)14-16-4-6-17(19)7-5-16/h4-7,15,18H,2-3,8-14H2,1H3/p+2/t15-/m1/s1. The van der Waals surface area contributed by atoms with Crippen molar-refractivity contribution < 1.29 is 9.80 Å². The van der Waals surface area contributed by atoms with Crippen LogP contribution in [0.4, 0.5) is 0 Å². The first-order chi connectivity index (χ1) is 10.2. The Balaban J connectivity index is 1.47. The van der Waals surface area contributed by atoms with Gasteiger partial charge in [-0.15, -0.1) is 0 Å². The zero-order chi connectivity index (χ0) is 14.7. The van der Waals surface area contributed by atoms with Crippen LogP contribution >= 0.6 is 11.6 Å². The number of nitrogens with one attached hydrogen (secondary N) is 2. The molecule has 1 aromatic carbocycles. The number of likely N-dealkylation sites (tertiary alicyclic amines) is 2. The predicted molar refractivity (Wildman–Crippen MR) is 88.0 cm³/mol. The largest absolute Gasteiger partial charge is 0.332 e. The Kier molecular flexibility index (Phi) is 5.20. The number of benzene rings is 1. The van der Waals surface area contributed by atoms with Crippen molar-refractivity contribution in [2.45, 2.75) is 45.2 Å². The van der Waals surface area contributed by atoms with Gasteiger partial charge in [-0.3, -0.25) is 0 Å². The number of quaternary nitrogens is 2. The first-order valence-corrected chi connectivity index (χ1v) is 9.01. The number of hydrogen-bond acceptors (Lipinski definition) is 0. The van der Waals surface area contributed by atoms with E-state index in [9.17, 15) is 0 Å². The average molecular weight is 309 g/mol. The lowest BCUT2D eigenvalue weighted by molar-refractivity contribution is -0.967. The maximum atomic E-state index is 5.96. The molecule has 3 rings (SSSR count). The van der Waals surface area contributed by atoms with Crippen molar-refractivity contribution in [1.29, 1.82) is 0 Å². The van der Waals surface area contributed by atoms with Gasteiger partial charge in [-0.05, 0) is 25.0 Å². The van der Waals surface area contributed by atoms with Gasteiger partial charge in [0.2, 0.25) is 0 Å². The minimum Gasteiger partial charge on any atom is -0.332 e. The summed E-state index contributed by atoms with van der Waals surface area (Å²) in [6.07, 6.45) is 5.70. The Morgan fingerprint density at radius 3 is 2.43 bits per heavy atom. The lowest BCUT2D eigenvalue weighted by atomic mass is 9.95. The van der Waals surface area contributed by atoms with Crippen LogP contribution in [-0.2, 0) is 6.54 Å². The highest BCUT2D eigenvalue weighted by Gasteiger charge is 2.32. The average Bonchev–Trinajstić information content (AvgIpc) is 2.50. The fourth-order valence-corrected chi connectivity index (χ4v) is 4.33. The van der Waals surface area contributed by atoms with E-state index >= 15 is 0 Å². The summed E-state index contributed by atoms with van der Waals surface area (Å²) >= 11 is 5.96. The van der Waals surface area contributed by atoms with E-state index in [1.807, 2.05) is 17.0 Å². The normalized spacial score (nSPS) is 33.8. The third-order valence-electron chi connectivity index (χ3n) is 5.44. The zero-order valence-corrected chi connectivity index (χ0v) is 14.0. The van der Waals surface area contributed by atoms with Gasteiger partial charge in [-0.25, -0.2) is 0 Å². The van der Waals surface area contributed by atoms with Crippen molar-refractivity contribution in [3.63, 3.8) is 0 Å². The molecule has 2 saturated heterocycles. The Morgan fingerprint density at radius 1 is 1.05 bits per heavy atom. The Labute approximate surface area is 134 Å². The monoisotopic (exact) mass is 308 g/mol. The van der Waals surface area contributed by atoms with Gasteiger partial charge in [0.15, 0.2) is 0 Å². The van der Waals surface area contributed by atoms with Gasteiger partial charge in [0.1, 0.15) is 6.54 Å². The fraction of sp³-hybridized carbons (Fsp3) is 0.667. The molecule has 0 saturated carbocycles.